The molecule has 0 aliphatic carbocycles. The zero-order valence-corrected chi connectivity index (χ0v) is 14.6. The van der Waals surface area contributed by atoms with Gasteiger partial charge < -0.3 is 13.7 Å². The third-order valence-corrected chi connectivity index (χ3v) is 6.61. The summed E-state index contributed by atoms with van der Waals surface area (Å²) in [5.41, 5.74) is -0.547. The third kappa shape index (κ3) is 7.29. The molecular weight excluding hydrogens is 326 g/mol. The van der Waals surface area contributed by atoms with Crippen molar-refractivity contribution in [2.45, 2.75) is 44.7 Å². The third-order valence-electron chi connectivity index (χ3n) is 2.85. The van der Waals surface area contributed by atoms with E-state index in [9.17, 15) is 26.5 Å². The molecule has 0 amide bonds. The summed E-state index contributed by atoms with van der Waals surface area (Å²) in [5, 5.41) is -4.62. The first kappa shape index (κ1) is 20.4. The smallest absolute Gasteiger partial charge is 0.367 e. The molecule has 0 atom stereocenters. The lowest BCUT2D eigenvalue weighted by molar-refractivity contribution is -0.151. The van der Waals surface area contributed by atoms with Gasteiger partial charge in [0.2, 0.25) is 0 Å². The van der Waals surface area contributed by atoms with Crippen molar-refractivity contribution in [1.29, 1.82) is 0 Å². The molecule has 21 heavy (non-hydrogen) atoms. The molecule has 0 saturated carbocycles. The predicted octanol–water partition coefficient (Wildman–Crippen LogP) is 1.94. The lowest BCUT2D eigenvalue weighted by Gasteiger charge is -2.31. The summed E-state index contributed by atoms with van der Waals surface area (Å²) in [4.78, 5) is 11.5. The first-order chi connectivity index (χ1) is 9.12. The van der Waals surface area contributed by atoms with Crippen molar-refractivity contribution >= 4 is 24.4 Å². The summed E-state index contributed by atoms with van der Waals surface area (Å²) >= 11 is 0. The van der Waals surface area contributed by atoms with Gasteiger partial charge in [-0.2, -0.15) is 8.78 Å². The molecule has 0 spiro atoms. The van der Waals surface area contributed by atoms with E-state index in [-0.39, 0.29) is 6.42 Å². The molecule has 0 aliphatic rings. The number of rotatable bonds is 8. The van der Waals surface area contributed by atoms with Crippen LogP contribution in [-0.4, -0.2) is 46.2 Å². The highest BCUT2D eigenvalue weighted by atomic mass is 32.2. The molecule has 0 bridgehead atoms. The summed E-state index contributed by atoms with van der Waals surface area (Å²) < 4.78 is 66.1. The van der Waals surface area contributed by atoms with Gasteiger partial charge in [0.15, 0.2) is 25.0 Å². The van der Waals surface area contributed by atoms with Crippen LogP contribution in [-0.2, 0) is 24.1 Å². The molecule has 0 unspecified atom stereocenters. The quantitative estimate of drug-likeness (QED) is 0.378. The lowest BCUT2D eigenvalue weighted by atomic mass is 9.92. The highest BCUT2D eigenvalue weighted by Gasteiger charge is 2.40. The van der Waals surface area contributed by atoms with Gasteiger partial charge in [-0.15, -0.1) is 0 Å². The summed E-state index contributed by atoms with van der Waals surface area (Å²) in [6, 6.07) is 0.585. The summed E-state index contributed by atoms with van der Waals surface area (Å²) in [6.07, 6.45) is -0.179. The average molecular weight is 347 g/mol. The van der Waals surface area contributed by atoms with Gasteiger partial charge in [0.05, 0.1) is 6.42 Å². The van der Waals surface area contributed by atoms with Crippen molar-refractivity contribution in [2.24, 2.45) is 5.41 Å². The second-order valence-corrected chi connectivity index (χ2v) is 12.0. The van der Waals surface area contributed by atoms with E-state index in [4.69, 9.17) is 4.43 Å². The Labute approximate surface area is 124 Å². The van der Waals surface area contributed by atoms with Gasteiger partial charge in [0.1, 0.15) is 0 Å². The molecule has 126 valence electrons. The number of ether oxygens (including phenoxy) is 1. The first-order valence-electron chi connectivity index (χ1n) is 6.16. The summed E-state index contributed by atoms with van der Waals surface area (Å²) in [7, 11) is -6.25. The Hall–Kier alpha value is -0.583. The van der Waals surface area contributed by atoms with Gasteiger partial charge in [-0.25, -0.2) is 8.42 Å². The SMILES string of the molecule is CO[Si](C)(C)CC(C)(C)CC(=O)OCC(F)(F)S(=O)(=O)[O-]. The van der Waals surface area contributed by atoms with Crippen molar-refractivity contribution < 1.29 is 35.7 Å². The number of esters is 1. The number of carbonyl (C=O) groups is 1. The maximum absolute atomic E-state index is 12.9. The van der Waals surface area contributed by atoms with E-state index in [1.54, 1.807) is 21.0 Å². The molecule has 0 aromatic heterocycles. The summed E-state index contributed by atoms with van der Waals surface area (Å²) in [6.45, 7) is 5.63. The molecule has 0 radical (unpaired) electrons. The largest absolute Gasteiger partial charge is 0.743 e. The fraction of sp³-hybridized carbons (Fsp3) is 0.909. The molecule has 0 aromatic carbocycles. The maximum atomic E-state index is 12.9. The molecule has 0 heterocycles. The number of hydrogen-bond acceptors (Lipinski definition) is 6. The fourth-order valence-electron chi connectivity index (χ4n) is 1.97. The second kappa shape index (κ2) is 6.67. The number of halogens is 2. The lowest BCUT2D eigenvalue weighted by Crippen LogP contribution is -2.37. The molecule has 0 fully saturated rings. The van der Waals surface area contributed by atoms with Crippen LogP contribution in [0.25, 0.3) is 0 Å². The Bertz CT molecular complexity index is 475. The minimum atomic E-state index is -5.85. The fourth-order valence-corrected chi connectivity index (χ4v) is 4.74. The van der Waals surface area contributed by atoms with Gasteiger partial charge in [-0.05, 0) is 24.6 Å². The zero-order valence-electron chi connectivity index (χ0n) is 12.7. The van der Waals surface area contributed by atoms with E-state index in [0.29, 0.717) is 6.04 Å². The molecule has 0 aromatic rings. The van der Waals surface area contributed by atoms with Crippen molar-refractivity contribution in [2.75, 3.05) is 13.7 Å². The van der Waals surface area contributed by atoms with Gasteiger partial charge in [0, 0.05) is 7.11 Å². The van der Waals surface area contributed by atoms with E-state index >= 15 is 0 Å². The Kier molecular flexibility index (Phi) is 6.49. The van der Waals surface area contributed by atoms with Crippen LogP contribution in [0.1, 0.15) is 20.3 Å². The maximum Gasteiger partial charge on any atom is 0.367 e. The van der Waals surface area contributed by atoms with Crippen molar-refractivity contribution in [3.63, 3.8) is 0 Å². The van der Waals surface area contributed by atoms with Crippen molar-refractivity contribution in [1.82, 2.24) is 0 Å². The van der Waals surface area contributed by atoms with E-state index in [1.165, 1.54) is 0 Å². The zero-order chi connectivity index (χ0) is 17.1. The molecule has 0 N–H and O–H groups in total. The van der Waals surface area contributed by atoms with Gasteiger partial charge in [-0.1, -0.05) is 13.8 Å². The molecule has 10 heteroatoms. The van der Waals surface area contributed by atoms with Gasteiger partial charge in [-0.3, -0.25) is 4.79 Å². The molecule has 0 saturated heterocycles. The molecule has 0 aliphatic heterocycles. The molecule has 0 rings (SSSR count). The predicted molar refractivity (Wildman–Crippen MR) is 73.3 cm³/mol. The van der Waals surface area contributed by atoms with E-state index < -0.39 is 41.7 Å². The highest BCUT2D eigenvalue weighted by Crippen LogP contribution is 2.32. The van der Waals surface area contributed by atoms with E-state index in [0.717, 1.165) is 0 Å². The van der Waals surface area contributed by atoms with Gasteiger partial charge in [0.25, 0.3) is 0 Å². The standard InChI is InChI=1S/C11H22F2O6SSi/c1-10(2,8-21(4,5)18-3)6-9(14)19-7-11(12,13)20(15,16)17/h6-8H2,1-5H3,(H,15,16,17)/p-1. The van der Waals surface area contributed by atoms with Crippen molar-refractivity contribution in [3.05, 3.63) is 0 Å². The van der Waals surface area contributed by atoms with Crippen LogP contribution in [0, 0.1) is 5.41 Å². The minimum absolute atomic E-state index is 0.179. The Morgan fingerprint density at radius 3 is 2.14 bits per heavy atom. The average Bonchev–Trinajstić information content (AvgIpc) is 2.22. The first-order valence-corrected chi connectivity index (χ1v) is 10.7. The van der Waals surface area contributed by atoms with Crippen LogP contribution >= 0.6 is 0 Å². The normalized spacial score (nSPS) is 14.1. The van der Waals surface area contributed by atoms with Crippen molar-refractivity contribution in [3.8, 4) is 0 Å². The number of hydrogen-bond donors (Lipinski definition) is 0. The Balaban J connectivity index is 4.58. The minimum Gasteiger partial charge on any atom is -0.743 e. The van der Waals surface area contributed by atoms with Gasteiger partial charge >= 0.3 is 11.2 Å². The van der Waals surface area contributed by atoms with Crippen LogP contribution in [0.5, 0.6) is 0 Å². The summed E-state index contributed by atoms with van der Waals surface area (Å²) in [5.74, 6) is -0.982. The van der Waals surface area contributed by atoms with Crippen LogP contribution < -0.4 is 0 Å². The number of alkyl halides is 2. The monoisotopic (exact) mass is 347 g/mol. The van der Waals surface area contributed by atoms with Crippen LogP contribution in [0.15, 0.2) is 0 Å². The van der Waals surface area contributed by atoms with Crippen LogP contribution in [0.4, 0.5) is 8.78 Å². The number of carbonyl (C=O) groups excluding carboxylic acids is 1. The topological polar surface area (TPSA) is 92.7 Å². The Morgan fingerprint density at radius 1 is 1.29 bits per heavy atom. The molecular formula is C11H21F2O6SSi-. The highest BCUT2D eigenvalue weighted by molar-refractivity contribution is 7.86. The molecule has 6 nitrogen and oxygen atoms in total. The second-order valence-electron chi connectivity index (χ2n) is 6.23. The van der Waals surface area contributed by atoms with E-state index in [2.05, 4.69) is 4.74 Å². The van der Waals surface area contributed by atoms with Crippen LogP contribution in [0.2, 0.25) is 19.1 Å². The van der Waals surface area contributed by atoms with Crippen LogP contribution in [0.3, 0.4) is 0 Å². The Morgan fingerprint density at radius 2 is 1.76 bits per heavy atom. The van der Waals surface area contributed by atoms with E-state index in [1.807, 2.05) is 13.1 Å².